The summed E-state index contributed by atoms with van der Waals surface area (Å²) in [5.74, 6) is 0.981. The van der Waals surface area contributed by atoms with Crippen molar-refractivity contribution in [2.24, 2.45) is 7.05 Å². The fourth-order valence-electron chi connectivity index (χ4n) is 1.67. The zero-order valence-corrected chi connectivity index (χ0v) is 11.3. The molecular weight excluding hydrogens is 248 g/mol. The van der Waals surface area contributed by atoms with Gasteiger partial charge in [0.15, 0.2) is 0 Å². The summed E-state index contributed by atoms with van der Waals surface area (Å²) < 4.78 is 1.95. The minimum absolute atomic E-state index is 0.00880. The van der Waals surface area contributed by atoms with E-state index < -0.39 is 0 Å². The molecule has 96 valence electrons. The van der Waals surface area contributed by atoms with Gasteiger partial charge in [-0.2, -0.15) is 0 Å². The van der Waals surface area contributed by atoms with Gasteiger partial charge < -0.3 is 9.88 Å². The lowest BCUT2D eigenvalue weighted by Gasteiger charge is -2.04. The number of aryl methyl sites for hydroxylation is 2. The Labute approximate surface area is 110 Å². The quantitative estimate of drug-likeness (QED) is 0.879. The number of thiazole rings is 1. The maximum atomic E-state index is 11.7. The van der Waals surface area contributed by atoms with E-state index >= 15 is 0 Å². The molecule has 5 nitrogen and oxygen atoms in total. The standard InChI is InChI=1S/C12H16N4OS/c1-9-15-10(8-18-9)7-12(17)14-4-3-11-13-5-6-16(11)2/h5-6,8H,3-4,7H2,1-2H3,(H,14,17). The van der Waals surface area contributed by atoms with Gasteiger partial charge in [0.2, 0.25) is 5.91 Å². The SMILES string of the molecule is Cc1nc(CC(=O)NCCc2nccn2C)cs1. The fourth-order valence-corrected chi connectivity index (χ4v) is 2.28. The number of nitrogens with zero attached hydrogens (tertiary/aromatic N) is 3. The lowest BCUT2D eigenvalue weighted by atomic mass is 10.3. The predicted molar refractivity (Wildman–Crippen MR) is 70.5 cm³/mol. The molecule has 0 spiro atoms. The molecule has 6 heteroatoms. The van der Waals surface area contributed by atoms with E-state index in [1.54, 1.807) is 17.5 Å². The van der Waals surface area contributed by atoms with Gasteiger partial charge in [-0.25, -0.2) is 9.97 Å². The van der Waals surface area contributed by atoms with Crippen molar-refractivity contribution in [2.45, 2.75) is 19.8 Å². The van der Waals surface area contributed by atoms with Gasteiger partial charge in [0.05, 0.1) is 17.1 Å². The minimum Gasteiger partial charge on any atom is -0.355 e. The number of imidazole rings is 1. The number of hydrogen-bond donors (Lipinski definition) is 1. The first-order chi connectivity index (χ1) is 8.65. The van der Waals surface area contributed by atoms with Crippen LogP contribution in [0.4, 0.5) is 0 Å². The van der Waals surface area contributed by atoms with Crippen molar-refractivity contribution < 1.29 is 4.79 Å². The second kappa shape index (κ2) is 5.77. The topological polar surface area (TPSA) is 59.8 Å². The molecule has 2 aromatic heterocycles. The number of rotatable bonds is 5. The summed E-state index contributed by atoms with van der Waals surface area (Å²) in [6, 6.07) is 0. The Bertz CT molecular complexity index is 532. The Kier molecular flexibility index (Phi) is 4.09. The van der Waals surface area contributed by atoms with Gasteiger partial charge in [-0.3, -0.25) is 4.79 Å². The molecule has 1 N–H and O–H groups in total. The maximum absolute atomic E-state index is 11.7. The molecule has 2 heterocycles. The Hall–Kier alpha value is -1.69. The van der Waals surface area contributed by atoms with E-state index in [0.29, 0.717) is 13.0 Å². The first-order valence-electron chi connectivity index (χ1n) is 5.79. The van der Waals surface area contributed by atoms with Crippen LogP contribution in [0.1, 0.15) is 16.5 Å². The molecule has 0 unspecified atom stereocenters. The third-order valence-electron chi connectivity index (χ3n) is 2.60. The zero-order chi connectivity index (χ0) is 13.0. The molecule has 2 rings (SSSR count). The molecule has 0 aliphatic heterocycles. The van der Waals surface area contributed by atoms with Crippen LogP contribution in [0.5, 0.6) is 0 Å². The highest BCUT2D eigenvalue weighted by Crippen LogP contribution is 2.08. The summed E-state index contributed by atoms with van der Waals surface area (Å²) in [5.41, 5.74) is 0.840. The molecule has 0 fully saturated rings. The fraction of sp³-hybridized carbons (Fsp3) is 0.417. The Balaban J connectivity index is 1.74. The van der Waals surface area contributed by atoms with Gasteiger partial charge >= 0.3 is 0 Å². The Morgan fingerprint density at radius 3 is 3.00 bits per heavy atom. The lowest BCUT2D eigenvalue weighted by molar-refractivity contribution is -0.120. The molecule has 0 radical (unpaired) electrons. The highest BCUT2D eigenvalue weighted by atomic mass is 32.1. The smallest absolute Gasteiger partial charge is 0.226 e. The van der Waals surface area contributed by atoms with Gasteiger partial charge in [-0.15, -0.1) is 11.3 Å². The number of nitrogens with one attached hydrogen (secondary N) is 1. The average Bonchev–Trinajstić information content (AvgIpc) is 2.89. The third-order valence-corrected chi connectivity index (χ3v) is 3.42. The lowest BCUT2D eigenvalue weighted by Crippen LogP contribution is -2.27. The first kappa shape index (κ1) is 12.8. The van der Waals surface area contributed by atoms with Gasteiger partial charge in [0.1, 0.15) is 5.82 Å². The zero-order valence-electron chi connectivity index (χ0n) is 10.5. The minimum atomic E-state index is 0.00880. The van der Waals surface area contributed by atoms with Gasteiger partial charge in [0, 0.05) is 37.8 Å². The van der Waals surface area contributed by atoms with Crippen LogP contribution in [0.25, 0.3) is 0 Å². The number of carbonyl (C=O) groups excluding carboxylic acids is 1. The first-order valence-corrected chi connectivity index (χ1v) is 6.67. The van der Waals surface area contributed by atoms with Crippen LogP contribution in [-0.2, 0) is 24.7 Å². The normalized spacial score (nSPS) is 10.6. The van der Waals surface area contributed by atoms with E-state index in [9.17, 15) is 4.79 Å². The largest absolute Gasteiger partial charge is 0.355 e. The van der Waals surface area contributed by atoms with Gasteiger partial charge in [-0.05, 0) is 6.92 Å². The molecular formula is C12H16N4OS. The van der Waals surface area contributed by atoms with E-state index in [2.05, 4.69) is 15.3 Å². The van der Waals surface area contributed by atoms with Crippen LogP contribution >= 0.6 is 11.3 Å². The summed E-state index contributed by atoms with van der Waals surface area (Å²) in [7, 11) is 1.95. The van der Waals surface area contributed by atoms with Crippen molar-refractivity contribution in [3.8, 4) is 0 Å². The number of hydrogen-bond acceptors (Lipinski definition) is 4. The molecule has 0 aliphatic rings. The van der Waals surface area contributed by atoms with Crippen molar-refractivity contribution in [1.29, 1.82) is 0 Å². The molecule has 0 bridgehead atoms. The van der Waals surface area contributed by atoms with Crippen LogP contribution in [0, 0.1) is 6.92 Å². The predicted octanol–water partition coefficient (Wildman–Crippen LogP) is 1.09. The van der Waals surface area contributed by atoms with E-state index in [1.807, 2.05) is 30.1 Å². The summed E-state index contributed by atoms with van der Waals surface area (Å²) in [6.45, 7) is 2.54. The molecule has 0 saturated heterocycles. The number of aromatic nitrogens is 3. The molecule has 0 aromatic carbocycles. The summed E-state index contributed by atoms with van der Waals surface area (Å²) in [4.78, 5) is 20.1. The Morgan fingerprint density at radius 1 is 1.56 bits per heavy atom. The summed E-state index contributed by atoms with van der Waals surface area (Å²) >= 11 is 1.57. The molecule has 0 saturated carbocycles. The maximum Gasteiger partial charge on any atom is 0.226 e. The second-order valence-electron chi connectivity index (χ2n) is 4.09. The van der Waals surface area contributed by atoms with Crippen molar-refractivity contribution >= 4 is 17.2 Å². The highest BCUT2D eigenvalue weighted by Gasteiger charge is 2.06. The Morgan fingerprint density at radius 2 is 2.39 bits per heavy atom. The molecule has 0 atom stereocenters. The average molecular weight is 264 g/mol. The molecule has 18 heavy (non-hydrogen) atoms. The molecule has 0 aliphatic carbocycles. The second-order valence-corrected chi connectivity index (χ2v) is 5.15. The van der Waals surface area contributed by atoms with Crippen LogP contribution in [0.3, 0.4) is 0 Å². The van der Waals surface area contributed by atoms with E-state index in [0.717, 1.165) is 22.9 Å². The summed E-state index contributed by atoms with van der Waals surface area (Å²) in [5, 5.41) is 5.79. The van der Waals surface area contributed by atoms with Crippen molar-refractivity contribution in [1.82, 2.24) is 19.9 Å². The highest BCUT2D eigenvalue weighted by molar-refractivity contribution is 7.09. The van der Waals surface area contributed by atoms with Gasteiger partial charge in [-0.1, -0.05) is 0 Å². The van der Waals surface area contributed by atoms with Crippen LogP contribution < -0.4 is 5.32 Å². The van der Waals surface area contributed by atoms with Crippen LogP contribution in [-0.4, -0.2) is 27.0 Å². The van der Waals surface area contributed by atoms with E-state index in [4.69, 9.17) is 0 Å². The molecule has 2 aromatic rings. The van der Waals surface area contributed by atoms with Gasteiger partial charge in [0.25, 0.3) is 0 Å². The van der Waals surface area contributed by atoms with E-state index in [1.165, 1.54) is 0 Å². The number of amides is 1. The molecule has 1 amide bonds. The van der Waals surface area contributed by atoms with Crippen LogP contribution in [0.2, 0.25) is 0 Å². The monoisotopic (exact) mass is 264 g/mol. The summed E-state index contributed by atoms with van der Waals surface area (Å²) in [6.07, 6.45) is 4.75. The number of carbonyl (C=O) groups is 1. The van der Waals surface area contributed by atoms with E-state index in [-0.39, 0.29) is 5.91 Å². The van der Waals surface area contributed by atoms with Crippen molar-refractivity contribution in [3.63, 3.8) is 0 Å². The van der Waals surface area contributed by atoms with Crippen LogP contribution in [0.15, 0.2) is 17.8 Å². The third kappa shape index (κ3) is 3.40. The van der Waals surface area contributed by atoms with Crippen molar-refractivity contribution in [3.05, 3.63) is 34.3 Å². The van der Waals surface area contributed by atoms with Crippen molar-refractivity contribution in [2.75, 3.05) is 6.54 Å².